The lowest BCUT2D eigenvalue weighted by Crippen LogP contribution is -2.36. The summed E-state index contributed by atoms with van der Waals surface area (Å²) in [7, 11) is 0. The number of carbonyl (C=O) groups is 2. The van der Waals surface area contributed by atoms with Crippen molar-refractivity contribution in [3.63, 3.8) is 0 Å². The Labute approximate surface area is 241 Å². The van der Waals surface area contributed by atoms with Crippen LogP contribution < -0.4 is 16.0 Å². The summed E-state index contributed by atoms with van der Waals surface area (Å²) in [6, 6.07) is 9.53. The zero-order chi connectivity index (χ0) is 29.8. The average Bonchev–Trinajstić information content (AvgIpc) is 3.44. The van der Waals surface area contributed by atoms with E-state index in [0.29, 0.717) is 22.8 Å². The maximum absolute atomic E-state index is 13.4. The Morgan fingerprint density at radius 1 is 1.00 bits per heavy atom. The quantitative estimate of drug-likeness (QED) is 0.278. The summed E-state index contributed by atoms with van der Waals surface area (Å²) in [6.45, 7) is 9.09. The van der Waals surface area contributed by atoms with Crippen LogP contribution in [0.25, 0.3) is 0 Å². The fourth-order valence-electron chi connectivity index (χ4n) is 4.46. The number of amides is 2. The van der Waals surface area contributed by atoms with Crippen molar-refractivity contribution in [3.8, 4) is 0 Å². The van der Waals surface area contributed by atoms with Crippen LogP contribution in [0.4, 0.5) is 30.4 Å². The van der Waals surface area contributed by atoms with Crippen LogP contribution in [0.2, 0.25) is 5.02 Å². The molecule has 2 aromatic carbocycles. The molecule has 1 aliphatic rings. The van der Waals surface area contributed by atoms with E-state index in [1.165, 1.54) is 37.4 Å². The zero-order valence-corrected chi connectivity index (χ0v) is 23.8. The summed E-state index contributed by atoms with van der Waals surface area (Å²) in [5.74, 6) is -0.371. The highest BCUT2D eigenvalue weighted by molar-refractivity contribution is 6.31. The number of hydrogen-bond acceptors (Lipinski definition) is 6. The largest absolute Gasteiger partial charge is 0.417 e. The molecular formula is C29H32ClF3N6O2. The number of aryl methyl sites for hydroxylation is 1. The van der Waals surface area contributed by atoms with E-state index < -0.39 is 28.1 Å². The van der Waals surface area contributed by atoms with Crippen molar-refractivity contribution in [2.24, 2.45) is 0 Å². The van der Waals surface area contributed by atoms with E-state index in [9.17, 15) is 22.8 Å². The van der Waals surface area contributed by atoms with Gasteiger partial charge in [-0.05, 0) is 82.6 Å². The molecule has 0 atom stereocenters. The number of hydrogen-bond donors (Lipinski definition) is 3. The minimum Gasteiger partial charge on any atom is -0.369 e. The van der Waals surface area contributed by atoms with Crippen molar-refractivity contribution in [3.05, 3.63) is 76.2 Å². The van der Waals surface area contributed by atoms with Gasteiger partial charge in [-0.3, -0.25) is 9.59 Å². The molecule has 0 saturated carbocycles. The van der Waals surface area contributed by atoms with Crippen molar-refractivity contribution in [1.29, 1.82) is 0 Å². The van der Waals surface area contributed by atoms with Gasteiger partial charge in [-0.2, -0.15) is 13.2 Å². The van der Waals surface area contributed by atoms with E-state index in [4.69, 9.17) is 11.6 Å². The lowest BCUT2D eigenvalue weighted by atomic mass is 9.87. The minimum absolute atomic E-state index is 0.0624. The molecule has 0 bridgehead atoms. The zero-order valence-electron chi connectivity index (χ0n) is 23.0. The first-order valence-corrected chi connectivity index (χ1v) is 13.6. The molecule has 12 heteroatoms. The van der Waals surface area contributed by atoms with Crippen LogP contribution in [-0.4, -0.2) is 52.9 Å². The highest BCUT2D eigenvalue weighted by Crippen LogP contribution is 2.36. The molecule has 1 fully saturated rings. The van der Waals surface area contributed by atoms with Crippen LogP contribution in [0.3, 0.4) is 0 Å². The summed E-state index contributed by atoms with van der Waals surface area (Å²) in [4.78, 5) is 37.3. The van der Waals surface area contributed by atoms with Gasteiger partial charge in [0.1, 0.15) is 12.1 Å². The molecule has 0 aliphatic carbocycles. The number of nitrogens with one attached hydrogen (secondary N) is 3. The summed E-state index contributed by atoms with van der Waals surface area (Å²) < 4.78 is 39.6. The maximum Gasteiger partial charge on any atom is 0.417 e. The molecule has 1 saturated heterocycles. The van der Waals surface area contributed by atoms with Gasteiger partial charge in [0.05, 0.1) is 21.7 Å². The van der Waals surface area contributed by atoms with E-state index >= 15 is 0 Å². The predicted molar refractivity (Wildman–Crippen MR) is 153 cm³/mol. The fourth-order valence-corrected chi connectivity index (χ4v) is 4.69. The van der Waals surface area contributed by atoms with Gasteiger partial charge in [0.15, 0.2) is 0 Å². The second-order valence-corrected chi connectivity index (χ2v) is 10.9. The van der Waals surface area contributed by atoms with Gasteiger partial charge in [-0.15, -0.1) is 0 Å². The molecule has 3 aromatic rings. The fraction of sp³-hybridized carbons (Fsp3) is 0.379. The van der Waals surface area contributed by atoms with Crippen LogP contribution >= 0.6 is 11.6 Å². The molecular weight excluding hydrogens is 557 g/mol. The van der Waals surface area contributed by atoms with E-state index in [0.717, 1.165) is 38.3 Å². The van der Waals surface area contributed by atoms with Gasteiger partial charge in [0.25, 0.3) is 5.91 Å². The molecule has 8 nitrogen and oxygen atoms in total. The Morgan fingerprint density at radius 3 is 2.44 bits per heavy atom. The van der Waals surface area contributed by atoms with Crippen molar-refractivity contribution in [1.82, 2.24) is 14.9 Å². The summed E-state index contributed by atoms with van der Waals surface area (Å²) in [5, 5.41) is 8.16. The number of nitrogens with zero attached hydrogens (tertiary/aromatic N) is 3. The van der Waals surface area contributed by atoms with E-state index in [1.807, 2.05) is 0 Å². The van der Waals surface area contributed by atoms with Gasteiger partial charge in [0, 0.05) is 36.1 Å². The van der Waals surface area contributed by atoms with Crippen LogP contribution in [0.1, 0.15) is 53.9 Å². The van der Waals surface area contributed by atoms with Gasteiger partial charge in [0.2, 0.25) is 5.91 Å². The molecule has 218 valence electrons. The second kappa shape index (κ2) is 12.4. The number of likely N-dealkylation sites (tertiary alicyclic amines) is 1. The molecule has 3 N–H and O–H groups in total. The van der Waals surface area contributed by atoms with Crippen LogP contribution in [-0.2, 0) is 16.4 Å². The monoisotopic (exact) mass is 588 g/mol. The third-order valence-corrected chi connectivity index (χ3v) is 7.42. The number of benzene rings is 2. The molecule has 0 spiro atoms. The predicted octanol–water partition coefficient (Wildman–Crippen LogP) is 6.13. The normalized spacial score (nSPS) is 14.1. The lowest BCUT2D eigenvalue weighted by Gasteiger charge is -2.24. The van der Waals surface area contributed by atoms with E-state index in [-0.39, 0.29) is 17.2 Å². The highest BCUT2D eigenvalue weighted by atomic mass is 35.5. The Balaban J connectivity index is 1.44. The molecule has 41 heavy (non-hydrogen) atoms. The summed E-state index contributed by atoms with van der Waals surface area (Å²) in [5.41, 5.74) is -0.402. The molecule has 2 heterocycles. The topological polar surface area (TPSA) is 99.2 Å². The Morgan fingerprint density at radius 2 is 1.73 bits per heavy atom. The third kappa shape index (κ3) is 7.53. The van der Waals surface area contributed by atoms with Gasteiger partial charge < -0.3 is 20.9 Å². The first-order valence-electron chi connectivity index (χ1n) is 13.2. The van der Waals surface area contributed by atoms with Gasteiger partial charge >= 0.3 is 6.18 Å². The van der Waals surface area contributed by atoms with Crippen LogP contribution in [0, 0.1) is 6.92 Å². The standard InChI is InChI=1S/C29H32ClF3N6O2/c1-18-6-7-19(26(40)37-20-8-9-22(30)21(15-20)29(31,32)33)14-23(18)38-27(41)28(2,3)24-16-25(36-17-35-24)34-10-13-39-11-4-5-12-39/h6-9,14-17H,4-5,10-13H2,1-3H3,(H,37,40)(H,38,41)(H,34,35,36). The summed E-state index contributed by atoms with van der Waals surface area (Å²) >= 11 is 5.67. The molecule has 1 aliphatic heterocycles. The van der Waals surface area contributed by atoms with E-state index in [1.54, 1.807) is 32.9 Å². The number of rotatable bonds is 9. The van der Waals surface area contributed by atoms with Crippen LogP contribution in [0.5, 0.6) is 0 Å². The second-order valence-electron chi connectivity index (χ2n) is 10.5. The van der Waals surface area contributed by atoms with Crippen molar-refractivity contribution < 1.29 is 22.8 Å². The molecule has 4 rings (SSSR count). The van der Waals surface area contributed by atoms with Crippen LogP contribution in [0.15, 0.2) is 48.8 Å². The SMILES string of the molecule is Cc1ccc(C(=O)Nc2ccc(Cl)c(C(F)(F)F)c2)cc1NC(=O)C(C)(C)c1cc(NCCN2CCCC2)ncn1. The number of alkyl halides is 3. The molecule has 1 aromatic heterocycles. The highest BCUT2D eigenvalue weighted by Gasteiger charge is 2.34. The number of aromatic nitrogens is 2. The van der Waals surface area contributed by atoms with Crippen molar-refractivity contribution >= 4 is 40.6 Å². The van der Waals surface area contributed by atoms with Crippen molar-refractivity contribution in [2.75, 3.05) is 42.1 Å². The Bertz CT molecular complexity index is 1420. The number of carbonyl (C=O) groups excluding carboxylic acids is 2. The maximum atomic E-state index is 13.4. The summed E-state index contributed by atoms with van der Waals surface area (Å²) in [6.07, 6.45) is -0.807. The van der Waals surface area contributed by atoms with Crippen molar-refractivity contribution in [2.45, 2.75) is 45.2 Å². The van der Waals surface area contributed by atoms with Gasteiger partial charge in [-0.1, -0.05) is 17.7 Å². The molecule has 0 unspecified atom stereocenters. The molecule has 0 radical (unpaired) electrons. The first-order chi connectivity index (χ1) is 19.3. The van der Waals surface area contributed by atoms with Gasteiger partial charge in [-0.25, -0.2) is 9.97 Å². The Kier molecular flexibility index (Phi) is 9.18. The third-order valence-electron chi connectivity index (χ3n) is 7.09. The molecule has 2 amide bonds. The van der Waals surface area contributed by atoms with E-state index in [2.05, 4.69) is 30.8 Å². The number of halogens is 4. The Hall–Kier alpha value is -3.70. The average molecular weight is 589 g/mol. The first kappa shape index (κ1) is 30.3. The number of anilines is 3. The minimum atomic E-state index is -4.67. The lowest BCUT2D eigenvalue weighted by molar-refractivity contribution is -0.137. The smallest absolute Gasteiger partial charge is 0.369 e.